The summed E-state index contributed by atoms with van der Waals surface area (Å²) in [6, 6.07) is 13.7. The van der Waals surface area contributed by atoms with Gasteiger partial charge < -0.3 is 9.73 Å². The van der Waals surface area contributed by atoms with Gasteiger partial charge in [-0.05, 0) is 31.3 Å². The molecule has 0 saturated carbocycles. The molecule has 19 heavy (non-hydrogen) atoms. The molecular weight excluding hydrogens is 258 g/mol. The molecule has 0 aliphatic rings. The number of furan rings is 1. The number of rotatable bonds is 4. The van der Waals surface area contributed by atoms with E-state index in [1.54, 1.807) is 6.21 Å². The van der Waals surface area contributed by atoms with Gasteiger partial charge in [-0.2, -0.15) is 5.10 Å². The van der Waals surface area contributed by atoms with Gasteiger partial charge in [0, 0.05) is 12.1 Å². The summed E-state index contributed by atoms with van der Waals surface area (Å²) in [6.45, 7) is 2.73. The third-order valence-corrected chi connectivity index (χ3v) is 2.62. The van der Waals surface area contributed by atoms with Crippen LogP contribution in [0.2, 0.25) is 0 Å². The first-order chi connectivity index (χ1) is 9.29. The molecule has 1 heterocycles. The topological polar surface area (TPSA) is 49.6 Å². The van der Waals surface area contributed by atoms with Crippen molar-refractivity contribution in [2.75, 3.05) is 6.54 Å². The zero-order valence-electron chi connectivity index (χ0n) is 10.6. The lowest BCUT2D eigenvalue weighted by molar-refractivity contribution is 0.574. The molecule has 0 saturated heterocycles. The van der Waals surface area contributed by atoms with Gasteiger partial charge in [-0.15, -0.1) is 0 Å². The van der Waals surface area contributed by atoms with Crippen LogP contribution in [0.3, 0.4) is 0 Å². The molecule has 1 aromatic carbocycles. The summed E-state index contributed by atoms with van der Waals surface area (Å²) < 4.78 is 5.66. The second-order valence-electron chi connectivity index (χ2n) is 3.80. The molecule has 0 aliphatic carbocycles. The highest BCUT2D eigenvalue weighted by atomic mass is 32.1. The molecule has 0 fully saturated rings. The van der Waals surface area contributed by atoms with Gasteiger partial charge in [-0.3, -0.25) is 5.43 Å². The van der Waals surface area contributed by atoms with Crippen molar-refractivity contribution in [2.24, 2.45) is 5.10 Å². The zero-order chi connectivity index (χ0) is 13.5. The third-order valence-electron chi connectivity index (χ3n) is 2.38. The van der Waals surface area contributed by atoms with E-state index in [2.05, 4.69) is 15.8 Å². The van der Waals surface area contributed by atoms with Gasteiger partial charge in [0.15, 0.2) is 5.11 Å². The maximum absolute atomic E-state index is 5.66. The first-order valence-corrected chi connectivity index (χ1v) is 6.42. The fraction of sp³-hybridized carbons (Fsp3) is 0.143. The van der Waals surface area contributed by atoms with Crippen LogP contribution in [-0.2, 0) is 0 Å². The molecule has 0 amide bonds. The van der Waals surface area contributed by atoms with E-state index in [1.165, 1.54) is 0 Å². The molecule has 4 nitrogen and oxygen atoms in total. The standard InChI is InChI=1S/C14H15N3OS/c1-2-15-14(19)17-16-10-12-8-9-13(18-12)11-6-4-3-5-7-11/h3-10H,2H2,1H3,(H2,15,17,19)/b16-10+. The van der Waals surface area contributed by atoms with Crippen LogP contribution in [0.15, 0.2) is 52.0 Å². The van der Waals surface area contributed by atoms with Crippen molar-refractivity contribution in [3.63, 3.8) is 0 Å². The average Bonchev–Trinajstić information content (AvgIpc) is 2.89. The van der Waals surface area contributed by atoms with Gasteiger partial charge in [0.2, 0.25) is 0 Å². The second kappa shape index (κ2) is 6.70. The number of thiocarbonyl (C=S) groups is 1. The molecule has 0 aliphatic heterocycles. The quantitative estimate of drug-likeness (QED) is 0.511. The van der Waals surface area contributed by atoms with Crippen molar-refractivity contribution in [1.82, 2.24) is 10.7 Å². The Morgan fingerprint density at radius 2 is 2.05 bits per heavy atom. The number of benzene rings is 1. The van der Waals surface area contributed by atoms with Crippen LogP contribution in [0.5, 0.6) is 0 Å². The van der Waals surface area contributed by atoms with Crippen molar-refractivity contribution < 1.29 is 4.42 Å². The van der Waals surface area contributed by atoms with Crippen molar-refractivity contribution in [1.29, 1.82) is 0 Å². The molecule has 98 valence electrons. The maximum atomic E-state index is 5.66. The zero-order valence-corrected chi connectivity index (χ0v) is 11.4. The lowest BCUT2D eigenvalue weighted by Gasteiger charge is -2.01. The second-order valence-corrected chi connectivity index (χ2v) is 4.21. The van der Waals surface area contributed by atoms with E-state index in [4.69, 9.17) is 16.6 Å². The first kappa shape index (κ1) is 13.3. The molecule has 2 N–H and O–H groups in total. The van der Waals surface area contributed by atoms with Crippen molar-refractivity contribution >= 4 is 23.5 Å². The molecule has 1 aromatic heterocycles. The van der Waals surface area contributed by atoms with Crippen LogP contribution >= 0.6 is 12.2 Å². The van der Waals surface area contributed by atoms with Crippen LogP contribution in [0.4, 0.5) is 0 Å². The Morgan fingerprint density at radius 3 is 2.79 bits per heavy atom. The summed E-state index contributed by atoms with van der Waals surface area (Å²) in [5.74, 6) is 1.49. The fourth-order valence-corrected chi connectivity index (χ4v) is 1.73. The maximum Gasteiger partial charge on any atom is 0.186 e. The van der Waals surface area contributed by atoms with Crippen LogP contribution in [0.1, 0.15) is 12.7 Å². The van der Waals surface area contributed by atoms with E-state index in [-0.39, 0.29) is 0 Å². The Kier molecular flexibility index (Phi) is 4.69. The molecule has 0 radical (unpaired) electrons. The highest BCUT2D eigenvalue weighted by molar-refractivity contribution is 7.80. The van der Waals surface area contributed by atoms with Crippen molar-refractivity contribution in [2.45, 2.75) is 6.92 Å². The Morgan fingerprint density at radius 1 is 1.26 bits per heavy atom. The highest BCUT2D eigenvalue weighted by Crippen LogP contribution is 2.20. The third kappa shape index (κ3) is 3.93. The van der Waals surface area contributed by atoms with Gasteiger partial charge >= 0.3 is 0 Å². The lowest BCUT2D eigenvalue weighted by atomic mass is 10.2. The summed E-state index contributed by atoms with van der Waals surface area (Å²) in [5.41, 5.74) is 3.75. The van der Waals surface area contributed by atoms with Crippen LogP contribution < -0.4 is 10.7 Å². The minimum Gasteiger partial charge on any atom is -0.455 e. The molecule has 0 unspecified atom stereocenters. The van der Waals surface area contributed by atoms with Crippen molar-refractivity contribution in [3.05, 3.63) is 48.2 Å². The Bertz CT molecular complexity index is 563. The summed E-state index contributed by atoms with van der Waals surface area (Å²) in [5, 5.41) is 7.43. The normalized spacial score (nSPS) is 10.6. The Balaban J connectivity index is 1.98. The first-order valence-electron chi connectivity index (χ1n) is 6.01. The van der Waals surface area contributed by atoms with Crippen LogP contribution in [0, 0.1) is 0 Å². The van der Waals surface area contributed by atoms with Crippen molar-refractivity contribution in [3.8, 4) is 11.3 Å². The Labute approximate surface area is 117 Å². The predicted molar refractivity (Wildman–Crippen MR) is 81.1 cm³/mol. The summed E-state index contributed by atoms with van der Waals surface area (Å²) in [7, 11) is 0. The summed E-state index contributed by atoms with van der Waals surface area (Å²) in [6.07, 6.45) is 1.59. The smallest absolute Gasteiger partial charge is 0.186 e. The van der Waals surface area contributed by atoms with E-state index in [0.717, 1.165) is 17.9 Å². The predicted octanol–water partition coefficient (Wildman–Crippen LogP) is 2.76. The number of hydrogen-bond acceptors (Lipinski definition) is 3. The number of nitrogens with zero attached hydrogens (tertiary/aromatic N) is 1. The number of nitrogens with one attached hydrogen (secondary N) is 2. The van der Waals surface area contributed by atoms with Gasteiger partial charge in [0.25, 0.3) is 0 Å². The SMILES string of the molecule is CCNC(=S)N/N=C/c1ccc(-c2ccccc2)o1. The fourth-order valence-electron chi connectivity index (χ4n) is 1.53. The van der Waals surface area contributed by atoms with Gasteiger partial charge in [0.05, 0.1) is 6.21 Å². The van der Waals surface area contributed by atoms with E-state index in [9.17, 15) is 0 Å². The van der Waals surface area contributed by atoms with Gasteiger partial charge in [-0.25, -0.2) is 0 Å². The molecule has 0 atom stereocenters. The van der Waals surface area contributed by atoms with E-state index in [1.807, 2.05) is 49.4 Å². The molecule has 0 spiro atoms. The van der Waals surface area contributed by atoms with Crippen LogP contribution in [0.25, 0.3) is 11.3 Å². The molecule has 2 rings (SSSR count). The minimum atomic E-state index is 0.494. The Hall–Kier alpha value is -2.14. The number of hydrogen-bond donors (Lipinski definition) is 2. The largest absolute Gasteiger partial charge is 0.455 e. The summed E-state index contributed by atoms with van der Waals surface area (Å²) >= 11 is 4.98. The molecule has 0 bridgehead atoms. The lowest BCUT2D eigenvalue weighted by Crippen LogP contribution is -2.31. The van der Waals surface area contributed by atoms with E-state index in [0.29, 0.717) is 10.9 Å². The van der Waals surface area contributed by atoms with Gasteiger partial charge in [-0.1, -0.05) is 30.3 Å². The summed E-state index contributed by atoms with van der Waals surface area (Å²) in [4.78, 5) is 0. The minimum absolute atomic E-state index is 0.494. The average molecular weight is 273 g/mol. The van der Waals surface area contributed by atoms with Gasteiger partial charge in [0.1, 0.15) is 11.5 Å². The monoisotopic (exact) mass is 273 g/mol. The highest BCUT2D eigenvalue weighted by Gasteiger charge is 2.02. The molecular formula is C14H15N3OS. The van der Waals surface area contributed by atoms with Crippen LogP contribution in [-0.4, -0.2) is 17.9 Å². The molecule has 5 heteroatoms. The van der Waals surface area contributed by atoms with E-state index < -0.39 is 0 Å². The number of hydrazone groups is 1. The molecule has 2 aromatic rings. The van der Waals surface area contributed by atoms with E-state index >= 15 is 0 Å².